The monoisotopic (exact) mass is 250 g/mol. The van der Waals surface area contributed by atoms with Gasteiger partial charge in [0.2, 0.25) is 0 Å². The second-order valence-corrected chi connectivity index (χ2v) is 5.73. The summed E-state index contributed by atoms with van der Waals surface area (Å²) < 4.78 is 2.04. The van der Waals surface area contributed by atoms with E-state index in [-0.39, 0.29) is 0 Å². The van der Waals surface area contributed by atoms with Crippen LogP contribution in [0.3, 0.4) is 0 Å². The number of piperidine rings is 1. The van der Waals surface area contributed by atoms with Crippen LogP contribution in [0.2, 0.25) is 0 Å². The first-order chi connectivity index (χ1) is 8.54. The van der Waals surface area contributed by atoms with Gasteiger partial charge in [-0.05, 0) is 45.6 Å². The lowest BCUT2D eigenvalue weighted by Gasteiger charge is -2.38. The fourth-order valence-electron chi connectivity index (χ4n) is 3.07. The summed E-state index contributed by atoms with van der Waals surface area (Å²) in [5.74, 6) is 2.05. The van der Waals surface area contributed by atoms with Crippen LogP contribution in [-0.4, -0.2) is 28.9 Å². The van der Waals surface area contributed by atoms with Crippen LogP contribution >= 0.6 is 0 Å². The van der Waals surface area contributed by atoms with E-state index in [1.54, 1.807) is 0 Å². The molecule has 0 aliphatic carbocycles. The predicted octanol–water partition coefficient (Wildman–Crippen LogP) is 1.85. The molecule has 1 fully saturated rings. The maximum atomic E-state index is 5.74. The fraction of sp³-hybridized carbons (Fsp3) is 0.786. The quantitative estimate of drug-likeness (QED) is 0.890. The van der Waals surface area contributed by atoms with E-state index in [0.717, 1.165) is 24.6 Å². The van der Waals surface area contributed by atoms with Crippen molar-refractivity contribution in [2.45, 2.75) is 46.1 Å². The minimum Gasteiger partial charge on any atom is -0.354 e. The molecule has 1 aromatic heterocycles. The summed E-state index contributed by atoms with van der Waals surface area (Å²) in [6, 6.07) is 0.604. The van der Waals surface area contributed by atoms with Gasteiger partial charge in [0.25, 0.3) is 0 Å². The van der Waals surface area contributed by atoms with E-state index in [0.29, 0.717) is 12.6 Å². The molecule has 0 aromatic carbocycles. The topological polar surface area (TPSA) is 47.1 Å². The van der Waals surface area contributed by atoms with Crippen LogP contribution in [0.25, 0.3) is 0 Å². The first-order valence-corrected chi connectivity index (χ1v) is 7.03. The van der Waals surface area contributed by atoms with Crippen LogP contribution in [0.1, 0.15) is 37.9 Å². The van der Waals surface area contributed by atoms with E-state index in [9.17, 15) is 0 Å². The first-order valence-electron chi connectivity index (χ1n) is 7.03. The van der Waals surface area contributed by atoms with Gasteiger partial charge in [-0.15, -0.1) is 0 Å². The third kappa shape index (κ3) is 2.39. The van der Waals surface area contributed by atoms with Crippen LogP contribution in [0.4, 0.5) is 5.82 Å². The number of hydrogen-bond donors (Lipinski definition) is 1. The van der Waals surface area contributed by atoms with Crippen molar-refractivity contribution >= 4 is 5.82 Å². The minimum atomic E-state index is 0.604. The van der Waals surface area contributed by atoms with Gasteiger partial charge in [-0.2, -0.15) is 5.10 Å². The summed E-state index contributed by atoms with van der Waals surface area (Å²) in [7, 11) is 2.05. The van der Waals surface area contributed by atoms with Crippen LogP contribution < -0.4 is 10.6 Å². The molecule has 4 nitrogen and oxygen atoms in total. The van der Waals surface area contributed by atoms with Crippen LogP contribution in [-0.2, 0) is 13.5 Å². The van der Waals surface area contributed by atoms with Crippen molar-refractivity contribution < 1.29 is 0 Å². The molecule has 2 unspecified atom stereocenters. The number of rotatable bonds is 3. The highest BCUT2D eigenvalue weighted by Gasteiger charge is 2.27. The Labute approximate surface area is 110 Å². The minimum absolute atomic E-state index is 0.604. The number of aryl methyl sites for hydroxylation is 2. The highest BCUT2D eigenvalue weighted by Crippen LogP contribution is 2.31. The summed E-state index contributed by atoms with van der Waals surface area (Å²) in [5.41, 5.74) is 8.21. The molecule has 1 aromatic rings. The molecule has 1 aliphatic rings. The number of nitrogens with two attached hydrogens (primary N) is 1. The molecule has 102 valence electrons. The SMILES string of the molecule is Cc1nn(C)c(N2CC(C)CCC2C)c1CCN. The summed E-state index contributed by atoms with van der Waals surface area (Å²) in [5, 5.41) is 4.58. The third-order valence-electron chi connectivity index (χ3n) is 4.10. The lowest BCUT2D eigenvalue weighted by atomic mass is 9.94. The highest BCUT2D eigenvalue weighted by molar-refractivity contribution is 5.51. The van der Waals surface area contributed by atoms with Gasteiger partial charge >= 0.3 is 0 Å². The lowest BCUT2D eigenvalue weighted by molar-refractivity contribution is 0.384. The molecule has 18 heavy (non-hydrogen) atoms. The van der Waals surface area contributed by atoms with Crippen molar-refractivity contribution in [2.75, 3.05) is 18.0 Å². The highest BCUT2D eigenvalue weighted by atomic mass is 15.4. The molecule has 0 spiro atoms. The van der Waals surface area contributed by atoms with Crippen molar-refractivity contribution in [3.63, 3.8) is 0 Å². The summed E-state index contributed by atoms with van der Waals surface area (Å²) in [6.45, 7) is 8.58. The zero-order valence-corrected chi connectivity index (χ0v) is 12.1. The number of aromatic nitrogens is 2. The summed E-state index contributed by atoms with van der Waals surface area (Å²) in [4.78, 5) is 2.53. The average molecular weight is 250 g/mol. The zero-order chi connectivity index (χ0) is 13.3. The Morgan fingerprint density at radius 1 is 1.33 bits per heavy atom. The molecule has 2 rings (SSSR count). The molecule has 2 N–H and O–H groups in total. The van der Waals surface area contributed by atoms with Crippen molar-refractivity contribution in [1.29, 1.82) is 0 Å². The Hall–Kier alpha value is -1.03. The molecular formula is C14H26N4. The Morgan fingerprint density at radius 3 is 2.72 bits per heavy atom. The first kappa shape index (κ1) is 13.4. The fourth-order valence-corrected chi connectivity index (χ4v) is 3.07. The standard InChI is InChI=1S/C14H26N4/c1-10-5-6-11(2)18(9-10)14-13(7-8-15)12(3)16-17(14)4/h10-11H,5-9,15H2,1-4H3. The predicted molar refractivity (Wildman–Crippen MR) is 75.9 cm³/mol. The van der Waals surface area contributed by atoms with Crippen molar-refractivity contribution in [3.8, 4) is 0 Å². The molecule has 2 atom stereocenters. The van der Waals surface area contributed by atoms with E-state index in [4.69, 9.17) is 5.73 Å². The lowest BCUT2D eigenvalue weighted by Crippen LogP contribution is -2.42. The number of nitrogens with zero attached hydrogens (tertiary/aromatic N) is 3. The van der Waals surface area contributed by atoms with Gasteiger partial charge in [0.15, 0.2) is 0 Å². The molecular weight excluding hydrogens is 224 g/mol. The summed E-state index contributed by atoms with van der Waals surface area (Å²) in [6.07, 6.45) is 3.53. The Kier molecular flexibility index (Phi) is 3.95. The number of hydrogen-bond acceptors (Lipinski definition) is 3. The third-order valence-corrected chi connectivity index (χ3v) is 4.10. The van der Waals surface area contributed by atoms with Gasteiger partial charge in [0.05, 0.1) is 5.69 Å². The Bertz CT molecular complexity index is 410. The molecule has 0 radical (unpaired) electrons. The molecule has 1 aliphatic heterocycles. The maximum absolute atomic E-state index is 5.74. The van der Waals surface area contributed by atoms with E-state index in [1.165, 1.54) is 24.2 Å². The number of anilines is 1. The second kappa shape index (κ2) is 5.31. The molecule has 0 bridgehead atoms. The van der Waals surface area contributed by atoms with Crippen molar-refractivity contribution in [1.82, 2.24) is 9.78 Å². The normalized spacial score (nSPS) is 24.6. The van der Waals surface area contributed by atoms with E-state index < -0.39 is 0 Å². The van der Waals surface area contributed by atoms with Crippen molar-refractivity contribution in [2.24, 2.45) is 18.7 Å². The molecule has 0 amide bonds. The smallest absolute Gasteiger partial charge is 0.130 e. The molecule has 2 heterocycles. The molecule has 0 saturated carbocycles. The van der Waals surface area contributed by atoms with Crippen LogP contribution in [0, 0.1) is 12.8 Å². The maximum Gasteiger partial charge on any atom is 0.130 e. The van der Waals surface area contributed by atoms with Gasteiger partial charge in [-0.25, -0.2) is 0 Å². The van der Waals surface area contributed by atoms with Crippen LogP contribution in [0.15, 0.2) is 0 Å². The molecule has 4 heteroatoms. The average Bonchev–Trinajstić information content (AvgIpc) is 2.58. The van der Waals surface area contributed by atoms with Gasteiger partial charge in [-0.3, -0.25) is 4.68 Å². The van der Waals surface area contributed by atoms with Gasteiger partial charge in [-0.1, -0.05) is 6.92 Å². The van der Waals surface area contributed by atoms with Gasteiger partial charge in [0, 0.05) is 25.2 Å². The second-order valence-electron chi connectivity index (χ2n) is 5.73. The van der Waals surface area contributed by atoms with Crippen LogP contribution in [0.5, 0.6) is 0 Å². The Balaban J connectivity index is 2.36. The van der Waals surface area contributed by atoms with Crippen molar-refractivity contribution in [3.05, 3.63) is 11.3 Å². The van der Waals surface area contributed by atoms with Gasteiger partial charge < -0.3 is 10.6 Å². The van der Waals surface area contributed by atoms with E-state index >= 15 is 0 Å². The Morgan fingerprint density at radius 2 is 2.06 bits per heavy atom. The van der Waals surface area contributed by atoms with Gasteiger partial charge in [0.1, 0.15) is 5.82 Å². The van der Waals surface area contributed by atoms with E-state index in [2.05, 4.69) is 30.8 Å². The zero-order valence-electron chi connectivity index (χ0n) is 12.1. The largest absolute Gasteiger partial charge is 0.354 e. The van der Waals surface area contributed by atoms with E-state index in [1.807, 2.05) is 11.7 Å². The molecule has 1 saturated heterocycles. The summed E-state index contributed by atoms with van der Waals surface area (Å²) >= 11 is 0.